The van der Waals surface area contributed by atoms with E-state index in [4.69, 9.17) is 4.74 Å². The van der Waals surface area contributed by atoms with Gasteiger partial charge in [-0.15, -0.1) is 0 Å². The minimum absolute atomic E-state index is 0.0547. The molecule has 1 N–H and O–H groups in total. The lowest BCUT2D eigenvalue weighted by Gasteiger charge is -2.16. The third-order valence-corrected chi connectivity index (χ3v) is 5.11. The van der Waals surface area contributed by atoms with Gasteiger partial charge in [0, 0.05) is 13.0 Å². The van der Waals surface area contributed by atoms with Crippen LogP contribution >= 0.6 is 0 Å². The minimum atomic E-state index is -0.711. The summed E-state index contributed by atoms with van der Waals surface area (Å²) >= 11 is 0. The van der Waals surface area contributed by atoms with Crippen molar-refractivity contribution < 1.29 is 28.7 Å². The number of hydrogen-bond acceptors (Lipinski definition) is 6. The van der Waals surface area contributed by atoms with Gasteiger partial charge in [-0.1, -0.05) is 42.5 Å². The molecule has 1 aliphatic rings. The maximum absolute atomic E-state index is 12.3. The predicted molar refractivity (Wildman–Crippen MR) is 115 cm³/mol. The molecule has 3 amide bonds. The van der Waals surface area contributed by atoms with Gasteiger partial charge in [0.25, 0.3) is 17.7 Å². The summed E-state index contributed by atoms with van der Waals surface area (Å²) in [6.45, 7) is 0.959. The van der Waals surface area contributed by atoms with Crippen molar-refractivity contribution in [3.63, 3.8) is 0 Å². The molecule has 0 aromatic heterocycles. The standard InChI is InChI=1S/C24H24N2O6/c1-16(27)20(14-17-8-3-2-4-9-17)25-21(28)15-32-22(29)12-7-13-26-23(30)18-10-5-6-11-19(18)24(26)31/h2-6,8-11,20H,7,12-15H2,1H3,(H,25,28). The number of esters is 1. The molecule has 8 heteroatoms. The van der Waals surface area contributed by atoms with Crippen molar-refractivity contribution in [3.8, 4) is 0 Å². The van der Waals surface area contributed by atoms with Gasteiger partial charge in [0.2, 0.25) is 0 Å². The van der Waals surface area contributed by atoms with Gasteiger partial charge in [0.05, 0.1) is 17.2 Å². The first kappa shape index (κ1) is 22.9. The average Bonchev–Trinajstić information content (AvgIpc) is 3.03. The van der Waals surface area contributed by atoms with Crippen LogP contribution in [0.4, 0.5) is 0 Å². The number of fused-ring (bicyclic) bond motifs is 1. The molecule has 0 spiro atoms. The quantitative estimate of drug-likeness (QED) is 0.450. The second kappa shape index (κ2) is 10.5. The van der Waals surface area contributed by atoms with Crippen molar-refractivity contribution in [1.29, 1.82) is 0 Å². The smallest absolute Gasteiger partial charge is 0.306 e. The third kappa shape index (κ3) is 5.66. The number of nitrogens with zero attached hydrogens (tertiary/aromatic N) is 1. The first-order valence-electron chi connectivity index (χ1n) is 10.3. The Morgan fingerprint density at radius 1 is 0.938 bits per heavy atom. The number of hydrogen-bond donors (Lipinski definition) is 1. The fourth-order valence-electron chi connectivity index (χ4n) is 3.42. The highest BCUT2D eigenvalue weighted by atomic mass is 16.5. The molecular formula is C24H24N2O6. The summed E-state index contributed by atoms with van der Waals surface area (Å²) in [4.78, 5) is 61.6. The van der Waals surface area contributed by atoms with Crippen molar-refractivity contribution in [1.82, 2.24) is 10.2 Å². The van der Waals surface area contributed by atoms with Crippen LogP contribution < -0.4 is 5.32 Å². The number of amides is 3. The Morgan fingerprint density at radius 3 is 2.12 bits per heavy atom. The van der Waals surface area contributed by atoms with Gasteiger partial charge in [0.1, 0.15) is 0 Å². The van der Waals surface area contributed by atoms with Crippen LogP contribution in [-0.4, -0.2) is 53.6 Å². The zero-order chi connectivity index (χ0) is 23.1. The molecule has 1 aliphatic heterocycles. The fraction of sp³-hybridized carbons (Fsp3) is 0.292. The van der Waals surface area contributed by atoms with E-state index in [0.29, 0.717) is 17.5 Å². The Hall–Kier alpha value is -3.81. The minimum Gasteiger partial charge on any atom is -0.456 e. The Bertz CT molecular complexity index is 999. The van der Waals surface area contributed by atoms with E-state index in [1.807, 2.05) is 30.3 Å². The molecule has 166 valence electrons. The molecule has 0 saturated heterocycles. The number of ketones is 1. The molecule has 1 atom stereocenters. The van der Waals surface area contributed by atoms with E-state index in [1.54, 1.807) is 24.3 Å². The maximum atomic E-state index is 12.3. The third-order valence-electron chi connectivity index (χ3n) is 5.11. The van der Waals surface area contributed by atoms with Crippen LogP contribution in [-0.2, 0) is 25.5 Å². The molecule has 0 aliphatic carbocycles. The molecular weight excluding hydrogens is 412 g/mol. The number of carbonyl (C=O) groups excluding carboxylic acids is 5. The lowest BCUT2D eigenvalue weighted by molar-refractivity contribution is -0.149. The number of benzene rings is 2. The van der Waals surface area contributed by atoms with Crippen molar-refractivity contribution in [2.24, 2.45) is 0 Å². The fourth-order valence-corrected chi connectivity index (χ4v) is 3.42. The normalized spacial score (nSPS) is 13.5. The lowest BCUT2D eigenvalue weighted by atomic mass is 10.0. The Morgan fingerprint density at radius 2 is 1.53 bits per heavy atom. The van der Waals surface area contributed by atoms with Crippen LogP contribution in [0.15, 0.2) is 54.6 Å². The van der Waals surface area contributed by atoms with Gasteiger partial charge >= 0.3 is 5.97 Å². The summed E-state index contributed by atoms with van der Waals surface area (Å²) in [7, 11) is 0. The van der Waals surface area contributed by atoms with Crippen LogP contribution in [0.3, 0.4) is 0 Å². The molecule has 1 heterocycles. The van der Waals surface area contributed by atoms with Crippen LogP contribution in [0.2, 0.25) is 0 Å². The number of nitrogens with one attached hydrogen (secondary N) is 1. The Labute approximate surface area is 185 Å². The molecule has 2 aromatic rings. The highest BCUT2D eigenvalue weighted by Gasteiger charge is 2.34. The number of Topliss-reactive ketones (excluding diaryl/α,β-unsaturated/α-hetero) is 1. The SMILES string of the molecule is CC(=O)C(Cc1ccccc1)NC(=O)COC(=O)CCCN1C(=O)c2ccccc2C1=O. The number of carbonyl (C=O) groups is 5. The molecule has 1 unspecified atom stereocenters. The number of ether oxygens (including phenoxy) is 1. The first-order chi connectivity index (χ1) is 15.4. The summed E-state index contributed by atoms with van der Waals surface area (Å²) in [6, 6.07) is 15.1. The van der Waals surface area contributed by atoms with Gasteiger partial charge < -0.3 is 10.1 Å². The van der Waals surface area contributed by atoms with E-state index in [-0.39, 0.29) is 37.0 Å². The van der Waals surface area contributed by atoms with Crippen LogP contribution in [0, 0.1) is 0 Å². The molecule has 3 rings (SSSR count). The summed E-state index contributed by atoms with van der Waals surface area (Å²) in [5.41, 5.74) is 1.61. The molecule has 0 bridgehead atoms. The summed E-state index contributed by atoms with van der Waals surface area (Å²) < 4.78 is 4.96. The highest BCUT2D eigenvalue weighted by molar-refractivity contribution is 6.21. The molecule has 0 radical (unpaired) electrons. The highest BCUT2D eigenvalue weighted by Crippen LogP contribution is 2.22. The van der Waals surface area contributed by atoms with E-state index in [1.165, 1.54) is 6.92 Å². The van der Waals surface area contributed by atoms with Gasteiger partial charge in [-0.2, -0.15) is 0 Å². The number of rotatable bonds is 10. The van der Waals surface area contributed by atoms with Crippen LogP contribution in [0.5, 0.6) is 0 Å². The molecule has 0 saturated carbocycles. The summed E-state index contributed by atoms with van der Waals surface area (Å²) in [6.07, 6.45) is 0.507. The zero-order valence-corrected chi connectivity index (χ0v) is 17.7. The largest absolute Gasteiger partial charge is 0.456 e. The molecule has 2 aromatic carbocycles. The molecule has 0 fully saturated rings. The van der Waals surface area contributed by atoms with Gasteiger partial charge in [-0.25, -0.2) is 0 Å². The van der Waals surface area contributed by atoms with Crippen LogP contribution in [0.1, 0.15) is 46.0 Å². The predicted octanol–water partition coefficient (Wildman–Crippen LogP) is 1.92. The average molecular weight is 436 g/mol. The molecule has 8 nitrogen and oxygen atoms in total. The van der Waals surface area contributed by atoms with Crippen molar-refractivity contribution in [2.45, 2.75) is 32.2 Å². The van der Waals surface area contributed by atoms with Gasteiger partial charge in [0.15, 0.2) is 12.4 Å². The van der Waals surface area contributed by atoms with Crippen LogP contribution in [0.25, 0.3) is 0 Å². The number of imide groups is 1. The lowest BCUT2D eigenvalue weighted by Crippen LogP contribution is -2.43. The Kier molecular flexibility index (Phi) is 7.49. The maximum Gasteiger partial charge on any atom is 0.306 e. The van der Waals surface area contributed by atoms with Crippen molar-refractivity contribution in [2.75, 3.05) is 13.2 Å². The summed E-state index contributed by atoms with van der Waals surface area (Å²) in [5, 5.41) is 2.58. The summed E-state index contributed by atoms with van der Waals surface area (Å²) in [5.74, 6) is -2.16. The van der Waals surface area contributed by atoms with E-state index < -0.39 is 24.5 Å². The Balaban J connectivity index is 1.40. The van der Waals surface area contributed by atoms with E-state index in [2.05, 4.69) is 5.32 Å². The molecule has 32 heavy (non-hydrogen) atoms. The van der Waals surface area contributed by atoms with Gasteiger partial charge in [-0.3, -0.25) is 28.9 Å². The van der Waals surface area contributed by atoms with E-state index in [0.717, 1.165) is 10.5 Å². The monoisotopic (exact) mass is 436 g/mol. The zero-order valence-electron chi connectivity index (χ0n) is 17.7. The van der Waals surface area contributed by atoms with E-state index in [9.17, 15) is 24.0 Å². The topological polar surface area (TPSA) is 110 Å². The second-order valence-corrected chi connectivity index (χ2v) is 7.49. The second-order valence-electron chi connectivity index (χ2n) is 7.49. The van der Waals surface area contributed by atoms with E-state index >= 15 is 0 Å². The van der Waals surface area contributed by atoms with Gasteiger partial charge in [-0.05, 0) is 37.5 Å². The first-order valence-corrected chi connectivity index (χ1v) is 10.3. The van der Waals surface area contributed by atoms with Crippen molar-refractivity contribution in [3.05, 3.63) is 71.3 Å². The van der Waals surface area contributed by atoms with Crippen molar-refractivity contribution >= 4 is 29.5 Å².